The van der Waals surface area contributed by atoms with E-state index in [2.05, 4.69) is 32.6 Å². The average molecular weight is 351 g/mol. The van der Waals surface area contributed by atoms with E-state index in [1.807, 2.05) is 11.0 Å². The summed E-state index contributed by atoms with van der Waals surface area (Å²) in [5.74, 6) is 0.767. The van der Waals surface area contributed by atoms with Gasteiger partial charge in [-0.05, 0) is 22.6 Å². The molecular formula is C10H14IN3O3. The van der Waals surface area contributed by atoms with Crippen molar-refractivity contribution in [3.8, 4) is 6.01 Å². The molecule has 0 radical (unpaired) electrons. The van der Waals surface area contributed by atoms with Crippen LogP contribution in [0.15, 0.2) is 6.07 Å². The maximum absolute atomic E-state index is 9.32. The van der Waals surface area contributed by atoms with Gasteiger partial charge in [-0.1, -0.05) is 0 Å². The Balaban J connectivity index is 2.27. The second-order valence-electron chi connectivity index (χ2n) is 3.64. The predicted octanol–water partition coefficient (Wildman–Crippen LogP) is 0.287. The highest BCUT2D eigenvalue weighted by molar-refractivity contribution is 14.1. The summed E-state index contributed by atoms with van der Waals surface area (Å²) >= 11 is 2.12. The number of ether oxygens (including phenoxy) is 2. The summed E-state index contributed by atoms with van der Waals surface area (Å²) in [6.07, 6.45) is 0. The molecule has 0 aromatic carbocycles. The average Bonchev–Trinajstić information content (AvgIpc) is 2.37. The molecule has 1 saturated heterocycles. The molecule has 1 aliphatic rings. The lowest BCUT2D eigenvalue weighted by atomic mass is 10.2. The van der Waals surface area contributed by atoms with Gasteiger partial charge in [-0.15, -0.1) is 0 Å². The van der Waals surface area contributed by atoms with Gasteiger partial charge in [-0.25, -0.2) is 0 Å². The molecule has 1 fully saturated rings. The molecule has 1 aromatic rings. The van der Waals surface area contributed by atoms with Crippen molar-refractivity contribution in [2.24, 2.45) is 0 Å². The minimum absolute atomic E-state index is 0.0445. The van der Waals surface area contributed by atoms with Gasteiger partial charge in [-0.3, -0.25) is 0 Å². The van der Waals surface area contributed by atoms with E-state index in [4.69, 9.17) is 9.47 Å². The Morgan fingerprint density at radius 3 is 3.18 bits per heavy atom. The molecule has 0 aliphatic carbocycles. The van der Waals surface area contributed by atoms with Gasteiger partial charge in [0.15, 0.2) is 0 Å². The van der Waals surface area contributed by atoms with E-state index in [1.165, 1.54) is 7.11 Å². The molecule has 2 rings (SSSR count). The zero-order chi connectivity index (χ0) is 12.3. The number of aromatic nitrogens is 2. The zero-order valence-corrected chi connectivity index (χ0v) is 11.6. The number of anilines is 1. The van der Waals surface area contributed by atoms with Crippen molar-refractivity contribution in [2.75, 3.05) is 38.4 Å². The molecule has 1 N–H and O–H groups in total. The van der Waals surface area contributed by atoms with Gasteiger partial charge < -0.3 is 19.5 Å². The Bertz CT molecular complexity index is 391. The van der Waals surface area contributed by atoms with Crippen LogP contribution in [-0.2, 0) is 4.74 Å². The molecule has 1 atom stereocenters. The maximum atomic E-state index is 9.32. The lowest BCUT2D eigenvalue weighted by Gasteiger charge is -2.35. The van der Waals surface area contributed by atoms with Crippen molar-refractivity contribution in [3.63, 3.8) is 0 Å². The van der Waals surface area contributed by atoms with Crippen molar-refractivity contribution in [1.29, 1.82) is 0 Å². The van der Waals surface area contributed by atoms with Crippen molar-refractivity contribution >= 4 is 28.4 Å². The van der Waals surface area contributed by atoms with Crippen LogP contribution >= 0.6 is 22.6 Å². The number of aliphatic hydroxyl groups is 1. The second-order valence-corrected chi connectivity index (χ2v) is 4.75. The molecule has 94 valence electrons. The summed E-state index contributed by atoms with van der Waals surface area (Å²) < 4.78 is 11.2. The van der Waals surface area contributed by atoms with Crippen LogP contribution in [0.3, 0.4) is 0 Å². The van der Waals surface area contributed by atoms with Crippen LogP contribution in [0.2, 0.25) is 0 Å². The van der Waals surface area contributed by atoms with Gasteiger partial charge in [0.2, 0.25) is 0 Å². The van der Waals surface area contributed by atoms with Gasteiger partial charge in [0.05, 0.1) is 33.0 Å². The van der Waals surface area contributed by atoms with E-state index in [1.54, 1.807) is 0 Å². The van der Waals surface area contributed by atoms with Gasteiger partial charge in [0.25, 0.3) is 0 Å². The molecule has 0 amide bonds. The third kappa shape index (κ3) is 2.96. The van der Waals surface area contributed by atoms with E-state index in [0.717, 1.165) is 9.52 Å². The van der Waals surface area contributed by atoms with E-state index in [9.17, 15) is 5.11 Å². The lowest BCUT2D eigenvalue weighted by molar-refractivity contribution is 0.0722. The van der Waals surface area contributed by atoms with Gasteiger partial charge in [-0.2, -0.15) is 9.97 Å². The molecule has 0 spiro atoms. The molecule has 7 heteroatoms. The Kier molecular flexibility index (Phi) is 4.35. The summed E-state index contributed by atoms with van der Waals surface area (Å²) in [7, 11) is 1.54. The number of morpholine rings is 1. The van der Waals surface area contributed by atoms with Crippen LogP contribution in [0.25, 0.3) is 0 Å². The third-order valence-electron chi connectivity index (χ3n) is 2.58. The van der Waals surface area contributed by atoms with E-state index < -0.39 is 0 Å². The van der Waals surface area contributed by atoms with Crippen LogP contribution in [0.5, 0.6) is 6.01 Å². The summed E-state index contributed by atoms with van der Waals surface area (Å²) in [6.45, 7) is 1.91. The van der Waals surface area contributed by atoms with Crippen molar-refractivity contribution in [1.82, 2.24) is 9.97 Å². The first-order chi connectivity index (χ1) is 8.24. The first-order valence-electron chi connectivity index (χ1n) is 5.28. The number of nitrogens with zero attached hydrogens (tertiary/aromatic N) is 3. The standard InChI is InChI=1S/C10H14IN3O3/c1-16-10-12-8(11)4-9(13-10)14-2-3-17-6-7(14)5-15/h4,7,15H,2-3,5-6H2,1H3. The number of hydrogen-bond acceptors (Lipinski definition) is 6. The van der Waals surface area contributed by atoms with Crippen molar-refractivity contribution < 1.29 is 14.6 Å². The number of hydrogen-bond donors (Lipinski definition) is 1. The van der Waals surface area contributed by atoms with Crippen LogP contribution in [0.4, 0.5) is 5.82 Å². The number of aliphatic hydroxyl groups excluding tert-OH is 1. The Morgan fingerprint density at radius 2 is 2.47 bits per heavy atom. The topological polar surface area (TPSA) is 67.7 Å². The first kappa shape index (κ1) is 12.8. The molecular weight excluding hydrogens is 337 g/mol. The minimum atomic E-state index is -0.0563. The fraction of sp³-hybridized carbons (Fsp3) is 0.600. The zero-order valence-electron chi connectivity index (χ0n) is 9.47. The number of halogens is 1. The van der Waals surface area contributed by atoms with Crippen molar-refractivity contribution in [3.05, 3.63) is 9.77 Å². The molecule has 6 nitrogen and oxygen atoms in total. The van der Waals surface area contributed by atoms with Crippen LogP contribution in [-0.4, -0.2) is 54.6 Å². The summed E-state index contributed by atoms with van der Waals surface area (Å²) in [5.41, 5.74) is 0. The van der Waals surface area contributed by atoms with Crippen LogP contribution in [0.1, 0.15) is 0 Å². The predicted molar refractivity (Wildman–Crippen MR) is 70.3 cm³/mol. The highest BCUT2D eigenvalue weighted by Gasteiger charge is 2.24. The minimum Gasteiger partial charge on any atom is -0.467 e. The SMILES string of the molecule is COc1nc(I)cc(N2CCOCC2CO)n1. The molecule has 17 heavy (non-hydrogen) atoms. The smallest absolute Gasteiger partial charge is 0.319 e. The fourth-order valence-electron chi connectivity index (χ4n) is 1.73. The van der Waals surface area contributed by atoms with Gasteiger partial charge in [0, 0.05) is 12.6 Å². The largest absolute Gasteiger partial charge is 0.467 e. The lowest BCUT2D eigenvalue weighted by Crippen LogP contribution is -2.48. The fourth-order valence-corrected chi connectivity index (χ4v) is 2.22. The van der Waals surface area contributed by atoms with Gasteiger partial charge in [0.1, 0.15) is 9.52 Å². The van der Waals surface area contributed by atoms with E-state index in [-0.39, 0.29) is 12.6 Å². The molecule has 1 unspecified atom stereocenters. The Labute approximate surface area is 113 Å². The highest BCUT2D eigenvalue weighted by Crippen LogP contribution is 2.21. The monoisotopic (exact) mass is 351 g/mol. The third-order valence-corrected chi connectivity index (χ3v) is 3.13. The van der Waals surface area contributed by atoms with Crippen LogP contribution in [0, 0.1) is 3.70 Å². The maximum Gasteiger partial charge on any atom is 0.319 e. The second kappa shape index (κ2) is 5.78. The molecule has 1 aromatic heterocycles. The quantitative estimate of drug-likeness (QED) is 0.624. The number of rotatable bonds is 3. The van der Waals surface area contributed by atoms with E-state index in [0.29, 0.717) is 25.8 Å². The summed E-state index contributed by atoms with van der Waals surface area (Å²) in [4.78, 5) is 10.4. The van der Waals surface area contributed by atoms with Crippen LogP contribution < -0.4 is 9.64 Å². The molecule has 1 aliphatic heterocycles. The Hall–Kier alpha value is -0.670. The normalized spacial score (nSPS) is 20.4. The van der Waals surface area contributed by atoms with Gasteiger partial charge >= 0.3 is 6.01 Å². The Morgan fingerprint density at radius 1 is 1.65 bits per heavy atom. The molecule has 0 bridgehead atoms. The molecule has 0 saturated carbocycles. The van der Waals surface area contributed by atoms with Crippen molar-refractivity contribution in [2.45, 2.75) is 6.04 Å². The molecule has 2 heterocycles. The number of methoxy groups -OCH3 is 1. The highest BCUT2D eigenvalue weighted by atomic mass is 127. The summed E-state index contributed by atoms with van der Waals surface area (Å²) in [5, 5.41) is 9.32. The summed E-state index contributed by atoms with van der Waals surface area (Å²) in [6, 6.07) is 2.16. The first-order valence-corrected chi connectivity index (χ1v) is 6.36. The van der Waals surface area contributed by atoms with E-state index >= 15 is 0 Å².